The SMILES string of the molecule is CC1=C(C#N)[C@@H](c2ccc(C#N)cc2S(C)(=O)=O)N(CC(=O)NCCO)C(=O)N1c1cccc(CF)c1. The number of carbonyl (C=O) groups excluding carboxylic acids is 2. The second kappa shape index (κ2) is 11.2. The third kappa shape index (κ3) is 5.61. The zero-order chi connectivity index (χ0) is 27.3. The monoisotopic (exact) mass is 525 g/mol. The Hall–Kier alpha value is -4.26. The number of nitriles is 2. The number of urea groups is 1. The molecule has 0 aromatic heterocycles. The molecule has 1 atom stereocenters. The predicted molar refractivity (Wildman–Crippen MR) is 131 cm³/mol. The van der Waals surface area contributed by atoms with Gasteiger partial charge in [-0.05, 0) is 42.3 Å². The molecule has 12 heteroatoms. The quantitative estimate of drug-likeness (QED) is 0.536. The first kappa shape index (κ1) is 27.3. The number of halogens is 1. The first-order valence-electron chi connectivity index (χ1n) is 11.1. The summed E-state index contributed by atoms with van der Waals surface area (Å²) in [5.41, 5.74) is 0.796. The van der Waals surface area contributed by atoms with E-state index in [0.717, 1.165) is 22.1 Å². The van der Waals surface area contributed by atoms with E-state index in [0.29, 0.717) is 0 Å². The van der Waals surface area contributed by atoms with Gasteiger partial charge in [-0.1, -0.05) is 18.2 Å². The summed E-state index contributed by atoms with van der Waals surface area (Å²) in [6, 6.07) is 11.8. The van der Waals surface area contributed by atoms with Crippen molar-refractivity contribution in [2.45, 2.75) is 24.5 Å². The molecule has 192 valence electrons. The first-order valence-corrected chi connectivity index (χ1v) is 12.9. The number of allylic oxidation sites excluding steroid dienone is 1. The van der Waals surface area contributed by atoms with Crippen molar-refractivity contribution in [3.63, 3.8) is 0 Å². The Labute approximate surface area is 213 Å². The fourth-order valence-electron chi connectivity index (χ4n) is 4.12. The molecule has 3 rings (SSSR count). The van der Waals surface area contributed by atoms with Crippen molar-refractivity contribution in [1.82, 2.24) is 10.2 Å². The number of hydrogen-bond acceptors (Lipinski definition) is 7. The number of sulfone groups is 1. The Morgan fingerprint density at radius 3 is 2.51 bits per heavy atom. The van der Waals surface area contributed by atoms with Crippen molar-refractivity contribution in [3.05, 3.63) is 70.4 Å². The molecular weight excluding hydrogens is 501 g/mol. The van der Waals surface area contributed by atoms with Crippen LogP contribution in [0.25, 0.3) is 0 Å². The summed E-state index contributed by atoms with van der Waals surface area (Å²) in [5, 5.41) is 31.0. The maximum absolute atomic E-state index is 13.9. The third-order valence-corrected chi connectivity index (χ3v) is 6.93. The first-order chi connectivity index (χ1) is 17.6. The van der Waals surface area contributed by atoms with Crippen molar-refractivity contribution in [2.24, 2.45) is 0 Å². The van der Waals surface area contributed by atoms with Crippen LogP contribution in [-0.2, 0) is 21.3 Å². The standard InChI is InChI=1S/C25H24FN5O5S/c1-16-21(14-28)24(20-7-6-18(13-27)11-22(20)37(2,35)36)30(15-23(33)29-8-9-32)25(34)31(16)19-5-3-4-17(10-19)12-26/h3-7,10-11,24,32H,8-9,12,15H2,1-2H3,(H,29,33)/t24-/m1/s1. The summed E-state index contributed by atoms with van der Waals surface area (Å²) in [6.45, 7) is -0.299. The Morgan fingerprint density at radius 2 is 1.92 bits per heavy atom. The highest BCUT2D eigenvalue weighted by Crippen LogP contribution is 2.41. The molecule has 37 heavy (non-hydrogen) atoms. The van der Waals surface area contributed by atoms with Crippen LogP contribution in [0.5, 0.6) is 0 Å². The summed E-state index contributed by atoms with van der Waals surface area (Å²) >= 11 is 0. The number of nitrogens with one attached hydrogen (secondary N) is 1. The van der Waals surface area contributed by atoms with Gasteiger partial charge in [0.05, 0.1) is 46.5 Å². The Bertz CT molecular complexity index is 1460. The van der Waals surface area contributed by atoms with Crippen molar-refractivity contribution < 1.29 is 27.5 Å². The molecule has 0 spiro atoms. The van der Waals surface area contributed by atoms with E-state index < -0.39 is 41.0 Å². The van der Waals surface area contributed by atoms with Gasteiger partial charge in [0.15, 0.2) is 9.84 Å². The molecule has 2 aromatic carbocycles. The molecule has 2 N–H and O–H groups in total. The Balaban J connectivity index is 2.30. The topological polar surface area (TPSA) is 155 Å². The number of alkyl halides is 1. The van der Waals surface area contributed by atoms with Gasteiger partial charge in [0, 0.05) is 18.5 Å². The number of carbonyl (C=O) groups is 2. The molecular formula is C25H24FN5O5S. The third-order valence-electron chi connectivity index (χ3n) is 5.78. The maximum atomic E-state index is 13.9. The molecule has 1 aliphatic rings. The number of aliphatic hydroxyl groups is 1. The average molecular weight is 526 g/mol. The van der Waals surface area contributed by atoms with Gasteiger partial charge in [0.1, 0.15) is 13.2 Å². The Kier molecular flexibility index (Phi) is 8.28. The highest BCUT2D eigenvalue weighted by atomic mass is 32.2. The van der Waals surface area contributed by atoms with Crippen LogP contribution in [-0.4, -0.2) is 56.3 Å². The second-order valence-corrected chi connectivity index (χ2v) is 10.3. The number of aliphatic hydroxyl groups excluding tert-OH is 1. The zero-order valence-corrected chi connectivity index (χ0v) is 20.9. The van der Waals surface area contributed by atoms with Crippen LogP contribution in [0.3, 0.4) is 0 Å². The highest BCUT2D eigenvalue weighted by molar-refractivity contribution is 7.90. The van der Waals surface area contributed by atoms with Gasteiger partial charge in [0.25, 0.3) is 0 Å². The highest BCUT2D eigenvalue weighted by Gasteiger charge is 2.42. The van der Waals surface area contributed by atoms with Gasteiger partial charge >= 0.3 is 6.03 Å². The lowest BCUT2D eigenvalue weighted by Gasteiger charge is -2.42. The fourth-order valence-corrected chi connectivity index (χ4v) is 5.07. The van der Waals surface area contributed by atoms with Crippen LogP contribution < -0.4 is 10.2 Å². The van der Waals surface area contributed by atoms with Crippen molar-refractivity contribution >= 4 is 27.5 Å². The summed E-state index contributed by atoms with van der Waals surface area (Å²) < 4.78 is 38.7. The molecule has 2 aromatic rings. The average Bonchev–Trinajstić information content (AvgIpc) is 2.88. The number of benzene rings is 2. The van der Waals surface area contributed by atoms with E-state index in [9.17, 15) is 32.9 Å². The summed E-state index contributed by atoms with van der Waals surface area (Å²) in [7, 11) is -3.93. The number of anilines is 1. The van der Waals surface area contributed by atoms with Crippen LogP contribution in [0.4, 0.5) is 14.9 Å². The molecule has 0 saturated heterocycles. The summed E-state index contributed by atoms with van der Waals surface area (Å²) in [4.78, 5) is 28.4. The lowest BCUT2D eigenvalue weighted by Crippen LogP contribution is -2.53. The zero-order valence-electron chi connectivity index (χ0n) is 20.1. The van der Waals surface area contributed by atoms with Gasteiger partial charge in [-0.2, -0.15) is 10.5 Å². The molecule has 0 unspecified atom stereocenters. The summed E-state index contributed by atoms with van der Waals surface area (Å²) in [6.07, 6.45) is 0.938. The molecule has 0 saturated carbocycles. The van der Waals surface area contributed by atoms with E-state index in [2.05, 4.69) is 5.32 Å². The van der Waals surface area contributed by atoms with Crippen LogP contribution in [0, 0.1) is 22.7 Å². The van der Waals surface area contributed by atoms with Crippen molar-refractivity contribution in [2.75, 3.05) is 30.9 Å². The van der Waals surface area contributed by atoms with E-state index in [-0.39, 0.29) is 51.7 Å². The van der Waals surface area contributed by atoms with Gasteiger partial charge in [-0.25, -0.2) is 17.6 Å². The lowest BCUT2D eigenvalue weighted by atomic mass is 9.93. The molecule has 3 amide bonds. The van der Waals surface area contributed by atoms with E-state index in [4.69, 9.17) is 5.11 Å². The molecule has 0 fully saturated rings. The molecule has 1 heterocycles. The normalized spacial score (nSPS) is 15.8. The van der Waals surface area contributed by atoms with Gasteiger partial charge in [-0.3, -0.25) is 9.69 Å². The van der Waals surface area contributed by atoms with E-state index >= 15 is 0 Å². The molecule has 1 aliphatic heterocycles. The number of amides is 3. The van der Waals surface area contributed by atoms with Gasteiger partial charge in [-0.15, -0.1) is 0 Å². The van der Waals surface area contributed by atoms with Gasteiger partial charge < -0.3 is 15.3 Å². The molecule has 0 bridgehead atoms. The predicted octanol–water partition coefficient (Wildman–Crippen LogP) is 2.32. The smallest absolute Gasteiger partial charge is 0.330 e. The fraction of sp³-hybridized carbons (Fsp3) is 0.280. The van der Waals surface area contributed by atoms with E-state index in [1.807, 2.05) is 12.1 Å². The van der Waals surface area contributed by atoms with Gasteiger partial charge in [0.2, 0.25) is 5.91 Å². The minimum atomic E-state index is -3.93. The van der Waals surface area contributed by atoms with Crippen LogP contribution in [0.1, 0.15) is 29.7 Å². The van der Waals surface area contributed by atoms with E-state index in [1.54, 1.807) is 12.1 Å². The largest absolute Gasteiger partial charge is 0.395 e. The van der Waals surface area contributed by atoms with Crippen molar-refractivity contribution in [3.8, 4) is 12.1 Å². The number of nitrogens with zero attached hydrogens (tertiary/aromatic N) is 4. The molecule has 10 nitrogen and oxygen atoms in total. The molecule has 0 radical (unpaired) electrons. The maximum Gasteiger partial charge on any atom is 0.330 e. The lowest BCUT2D eigenvalue weighted by molar-refractivity contribution is -0.122. The minimum absolute atomic E-state index is 0.0187. The van der Waals surface area contributed by atoms with Crippen LogP contribution >= 0.6 is 0 Å². The Morgan fingerprint density at radius 1 is 1.19 bits per heavy atom. The van der Waals surface area contributed by atoms with Crippen LogP contribution in [0.2, 0.25) is 0 Å². The number of rotatable bonds is 8. The number of hydrogen-bond donors (Lipinski definition) is 2. The van der Waals surface area contributed by atoms with E-state index in [1.165, 1.54) is 31.2 Å². The summed E-state index contributed by atoms with van der Waals surface area (Å²) in [5.74, 6) is -0.656. The van der Waals surface area contributed by atoms with Crippen molar-refractivity contribution in [1.29, 1.82) is 10.5 Å². The van der Waals surface area contributed by atoms with Crippen LogP contribution in [0.15, 0.2) is 58.6 Å². The minimum Gasteiger partial charge on any atom is -0.395 e. The molecule has 0 aliphatic carbocycles. The second-order valence-electron chi connectivity index (χ2n) is 8.27.